The van der Waals surface area contributed by atoms with E-state index in [0.717, 1.165) is 0 Å². The molecule has 1 aromatic carbocycles. The van der Waals surface area contributed by atoms with Crippen molar-refractivity contribution in [2.75, 3.05) is 6.54 Å². The van der Waals surface area contributed by atoms with Crippen LogP contribution in [0, 0.1) is 0 Å². The molecule has 0 heterocycles. The second kappa shape index (κ2) is 8.25. The first kappa shape index (κ1) is 20.1. The van der Waals surface area contributed by atoms with E-state index in [0.29, 0.717) is 5.56 Å². The number of hydrogen-bond acceptors (Lipinski definition) is 4. The average Bonchev–Trinajstić information content (AvgIpc) is 2.45. The summed E-state index contributed by atoms with van der Waals surface area (Å²) < 4.78 is 26.6. The zero-order valence-corrected chi connectivity index (χ0v) is 15.1. The number of sulfonamides is 1. The van der Waals surface area contributed by atoms with Crippen molar-refractivity contribution in [2.24, 2.45) is 0 Å². The van der Waals surface area contributed by atoms with Crippen molar-refractivity contribution >= 4 is 21.9 Å². The zero-order valence-electron chi connectivity index (χ0n) is 14.3. The molecule has 0 saturated heterocycles. The number of carboxylic acid groups (broad SMARTS) is 1. The second-order valence-corrected chi connectivity index (χ2v) is 7.75. The van der Waals surface area contributed by atoms with Crippen LogP contribution in [0.25, 0.3) is 0 Å². The van der Waals surface area contributed by atoms with Gasteiger partial charge in [0.2, 0.25) is 10.0 Å². The molecule has 134 valence electrons. The number of aliphatic carboxylic acids is 1. The minimum atomic E-state index is -3.61. The largest absolute Gasteiger partial charge is 0.481 e. The van der Waals surface area contributed by atoms with Crippen molar-refractivity contribution in [3.63, 3.8) is 0 Å². The van der Waals surface area contributed by atoms with Gasteiger partial charge in [-0.05, 0) is 52.0 Å². The SMILES string of the molecule is CC(C)NS(=O)(=O)c1ccc(C(=O)N(CCC(=O)O)C(C)C)cc1. The molecule has 0 unspecified atom stereocenters. The van der Waals surface area contributed by atoms with Gasteiger partial charge in [-0.2, -0.15) is 0 Å². The topological polar surface area (TPSA) is 104 Å². The lowest BCUT2D eigenvalue weighted by molar-refractivity contribution is -0.137. The maximum Gasteiger partial charge on any atom is 0.305 e. The third-order valence-electron chi connectivity index (χ3n) is 3.25. The molecule has 0 fully saturated rings. The minimum absolute atomic E-state index is 0.0781. The van der Waals surface area contributed by atoms with Crippen LogP contribution in [0.5, 0.6) is 0 Å². The van der Waals surface area contributed by atoms with E-state index >= 15 is 0 Å². The third-order valence-corrected chi connectivity index (χ3v) is 4.93. The highest BCUT2D eigenvalue weighted by Crippen LogP contribution is 2.14. The summed E-state index contributed by atoms with van der Waals surface area (Å²) in [4.78, 5) is 24.7. The summed E-state index contributed by atoms with van der Waals surface area (Å²) in [6.07, 6.45) is -0.144. The molecular weight excluding hydrogens is 332 g/mol. The first-order valence-corrected chi connectivity index (χ1v) is 9.18. The molecule has 1 aromatic rings. The van der Waals surface area contributed by atoms with E-state index in [9.17, 15) is 18.0 Å². The maximum absolute atomic E-state index is 12.5. The summed E-state index contributed by atoms with van der Waals surface area (Å²) >= 11 is 0. The first-order valence-electron chi connectivity index (χ1n) is 7.69. The van der Waals surface area contributed by atoms with Gasteiger partial charge in [0.05, 0.1) is 11.3 Å². The lowest BCUT2D eigenvalue weighted by atomic mass is 10.1. The molecule has 0 aliphatic carbocycles. The van der Waals surface area contributed by atoms with Gasteiger partial charge < -0.3 is 10.0 Å². The lowest BCUT2D eigenvalue weighted by Gasteiger charge is -2.26. The molecule has 0 aromatic heterocycles. The van der Waals surface area contributed by atoms with Crippen molar-refractivity contribution < 1.29 is 23.1 Å². The number of carboxylic acids is 1. The van der Waals surface area contributed by atoms with Crippen LogP contribution >= 0.6 is 0 Å². The highest BCUT2D eigenvalue weighted by molar-refractivity contribution is 7.89. The Bertz CT molecular complexity index is 681. The molecule has 0 spiro atoms. The Morgan fingerprint density at radius 3 is 2.08 bits per heavy atom. The number of hydrogen-bond donors (Lipinski definition) is 2. The van der Waals surface area contributed by atoms with Gasteiger partial charge in [-0.25, -0.2) is 13.1 Å². The van der Waals surface area contributed by atoms with E-state index in [2.05, 4.69) is 4.72 Å². The minimum Gasteiger partial charge on any atom is -0.481 e. The zero-order chi connectivity index (χ0) is 18.5. The standard InChI is InChI=1S/C16H24N2O5S/c1-11(2)17-24(22,23)14-7-5-13(6-8-14)16(21)18(12(3)4)10-9-15(19)20/h5-8,11-12,17H,9-10H2,1-4H3,(H,19,20). The average molecular weight is 356 g/mol. The summed E-state index contributed by atoms with van der Waals surface area (Å²) in [5.74, 6) is -1.30. The van der Waals surface area contributed by atoms with Crippen molar-refractivity contribution in [2.45, 2.75) is 51.1 Å². The normalized spacial score (nSPS) is 11.8. The highest BCUT2D eigenvalue weighted by atomic mass is 32.2. The molecule has 0 aliphatic rings. The molecule has 0 atom stereocenters. The lowest BCUT2D eigenvalue weighted by Crippen LogP contribution is -2.38. The van der Waals surface area contributed by atoms with E-state index in [1.54, 1.807) is 27.7 Å². The number of amides is 1. The fourth-order valence-corrected chi connectivity index (χ4v) is 3.38. The van der Waals surface area contributed by atoms with Crippen LogP contribution in [0.4, 0.5) is 0 Å². The maximum atomic E-state index is 12.5. The van der Waals surface area contributed by atoms with Gasteiger partial charge in [-0.3, -0.25) is 9.59 Å². The third kappa shape index (κ3) is 5.61. The first-order chi connectivity index (χ1) is 11.0. The Morgan fingerprint density at radius 1 is 1.12 bits per heavy atom. The Balaban J connectivity index is 2.98. The van der Waals surface area contributed by atoms with Gasteiger partial charge in [0.25, 0.3) is 5.91 Å². The van der Waals surface area contributed by atoms with Crippen LogP contribution in [0.1, 0.15) is 44.5 Å². The molecule has 8 heteroatoms. The van der Waals surface area contributed by atoms with E-state index in [4.69, 9.17) is 5.11 Å². The van der Waals surface area contributed by atoms with Crippen LogP contribution in [0.3, 0.4) is 0 Å². The highest BCUT2D eigenvalue weighted by Gasteiger charge is 2.21. The number of nitrogens with one attached hydrogen (secondary N) is 1. The Hall–Kier alpha value is -1.93. The van der Waals surface area contributed by atoms with Gasteiger partial charge in [0, 0.05) is 24.2 Å². The van der Waals surface area contributed by atoms with Gasteiger partial charge in [-0.15, -0.1) is 0 Å². The van der Waals surface area contributed by atoms with Gasteiger partial charge >= 0.3 is 5.97 Å². The van der Waals surface area contributed by atoms with Crippen molar-refractivity contribution in [1.29, 1.82) is 0 Å². The summed E-state index contributed by atoms with van der Waals surface area (Å²) in [5.41, 5.74) is 0.317. The summed E-state index contributed by atoms with van der Waals surface area (Å²) in [6, 6.07) is 5.22. The Morgan fingerprint density at radius 2 is 1.67 bits per heavy atom. The van der Waals surface area contributed by atoms with E-state index in [1.807, 2.05) is 0 Å². The molecule has 7 nitrogen and oxygen atoms in total. The quantitative estimate of drug-likeness (QED) is 0.738. The van der Waals surface area contributed by atoms with Crippen LogP contribution < -0.4 is 4.72 Å². The van der Waals surface area contributed by atoms with E-state index in [-0.39, 0.29) is 35.9 Å². The molecule has 0 radical (unpaired) electrons. The van der Waals surface area contributed by atoms with Gasteiger partial charge in [0.15, 0.2) is 0 Å². The van der Waals surface area contributed by atoms with Crippen molar-refractivity contribution in [3.8, 4) is 0 Å². The molecule has 0 saturated carbocycles. The molecule has 0 bridgehead atoms. The molecule has 2 N–H and O–H groups in total. The summed E-state index contributed by atoms with van der Waals surface area (Å²) in [6.45, 7) is 7.13. The second-order valence-electron chi connectivity index (χ2n) is 6.04. The summed E-state index contributed by atoms with van der Waals surface area (Å²) in [5, 5.41) is 8.78. The van der Waals surface area contributed by atoms with E-state index < -0.39 is 16.0 Å². The predicted octanol–water partition coefficient (Wildman–Crippen LogP) is 1.70. The van der Waals surface area contributed by atoms with Gasteiger partial charge in [0.1, 0.15) is 0 Å². The predicted molar refractivity (Wildman–Crippen MR) is 90.3 cm³/mol. The molecule has 1 rings (SSSR count). The summed E-state index contributed by atoms with van der Waals surface area (Å²) in [7, 11) is -3.61. The Kier molecular flexibility index (Phi) is 6.92. The van der Waals surface area contributed by atoms with Gasteiger partial charge in [-0.1, -0.05) is 0 Å². The van der Waals surface area contributed by atoms with Crippen molar-refractivity contribution in [1.82, 2.24) is 9.62 Å². The number of nitrogens with zero attached hydrogens (tertiary/aromatic N) is 1. The van der Waals surface area contributed by atoms with E-state index in [1.165, 1.54) is 29.2 Å². The van der Waals surface area contributed by atoms with Crippen LogP contribution in [-0.2, 0) is 14.8 Å². The molecule has 24 heavy (non-hydrogen) atoms. The molecule has 0 aliphatic heterocycles. The number of rotatable bonds is 8. The van der Waals surface area contributed by atoms with Crippen LogP contribution in [0.2, 0.25) is 0 Å². The number of carbonyl (C=O) groups is 2. The molecular formula is C16H24N2O5S. The monoisotopic (exact) mass is 356 g/mol. The smallest absolute Gasteiger partial charge is 0.305 e. The molecule has 1 amide bonds. The van der Waals surface area contributed by atoms with Crippen LogP contribution in [0.15, 0.2) is 29.2 Å². The Labute approximate surface area is 142 Å². The number of benzene rings is 1. The van der Waals surface area contributed by atoms with Crippen LogP contribution in [-0.4, -0.2) is 48.9 Å². The fourth-order valence-electron chi connectivity index (χ4n) is 2.13. The fraction of sp³-hybridized carbons (Fsp3) is 0.500. The number of carbonyl (C=O) groups excluding carboxylic acids is 1. The van der Waals surface area contributed by atoms with Crippen molar-refractivity contribution in [3.05, 3.63) is 29.8 Å².